The molecule has 37 heavy (non-hydrogen) atoms. The van der Waals surface area contributed by atoms with Gasteiger partial charge in [0.2, 0.25) is 5.91 Å². The van der Waals surface area contributed by atoms with E-state index in [0.717, 1.165) is 38.7 Å². The van der Waals surface area contributed by atoms with Crippen LogP contribution in [0.1, 0.15) is 49.3 Å². The van der Waals surface area contributed by atoms with Crippen molar-refractivity contribution in [2.24, 2.45) is 5.73 Å². The minimum atomic E-state index is -1.31. The molecule has 0 spiro atoms. The number of rotatable bonds is 8. The van der Waals surface area contributed by atoms with E-state index in [0.29, 0.717) is 42.0 Å². The van der Waals surface area contributed by atoms with E-state index in [9.17, 15) is 14.4 Å². The fourth-order valence-corrected chi connectivity index (χ4v) is 7.00. The van der Waals surface area contributed by atoms with Crippen LogP contribution in [0.3, 0.4) is 0 Å². The number of para-hydroxylation sites is 1. The molecule has 3 aromatic rings. The highest BCUT2D eigenvalue weighted by atomic mass is 79.9. The number of hydrogen-bond donors (Lipinski definition) is 1. The van der Waals surface area contributed by atoms with Gasteiger partial charge in [-0.15, -0.1) is 11.3 Å². The predicted molar refractivity (Wildman–Crippen MR) is 144 cm³/mol. The first kappa shape index (κ1) is 26.1. The van der Waals surface area contributed by atoms with Crippen molar-refractivity contribution in [1.29, 1.82) is 0 Å². The van der Waals surface area contributed by atoms with Gasteiger partial charge in [0.15, 0.2) is 0 Å². The standard InChI is InChI=1S/C26H30BrN3O6S/c1-15-20-22(31)30(26(24(28)32)10-5-11-26)25(33)29(23(20)37-21(15)27)14-19(36-16-8-12-35-13-9-16)17-6-3-4-7-18(17)34-2/h3-4,6-7,16,19H,5,8-14H2,1-2H3,(H2,28,32). The number of nitrogens with two attached hydrogens (primary N) is 1. The van der Waals surface area contributed by atoms with Gasteiger partial charge in [-0.1, -0.05) is 18.2 Å². The van der Waals surface area contributed by atoms with Crippen molar-refractivity contribution in [3.63, 3.8) is 0 Å². The molecule has 2 aromatic heterocycles. The molecule has 3 heterocycles. The van der Waals surface area contributed by atoms with E-state index >= 15 is 0 Å². The lowest BCUT2D eigenvalue weighted by Crippen LogP contribution is -2.61. The maximum absolute atomic E-state index is 14.1. The Balaban J connectivity index is 1.71. The summed E-state index contributed by atoms with van der Waals surface area (Å²) in [7, 11) is 1.60. The number of aromatic nitrogens is 2. The molecule has 1 atom stereocenters. The van der Waals surface area contributed by atoms with E-state index in [4.69, 9.17) is 19.9 Å². The van der Waals surface area contributed by atoms with Crippen LogP contribution in [-0.4, -0.2) is 41.5 Å². The maximum Gasteiger partial charge on any atom is 0.333 e. The van der Waals surface area contributed by atoms with Gasteiger partial charge in [0.05, 0.1) is 28.9 Å². The summed E-state index contributed by atoms with van der Waals surface area (Å²) in [6.07, 6.45) is 2.33. The number of nitrogens with zero attached hydrogens (tertiary/aromatic N) is 2. The first-order chi connectivity index (χ1) is 17.8. The highest BCUT2D eigenvalue weighted by molar-refractivity contribution is 9.11. The number of amides is 1. The van der Waals surface area contributed by atoms with Gasteiger partial charge in [0.1, 0.15) is 22.2 Å². The average molecular weight is 593 g/mol. The van der Waals surface area contributed by atoms with Crippen LogP contribution in [-0.2, 0) is 26.4 Å². The van der Waals surface area contributed by atoms with Crippen molar-refractivity contribution < 1.29 is 19.0 Å². The van der Waals surface area contributed by atoms with Crippen LogP contribution in [0.15, 0.2) is 37.6 Å². The number of primary amides is 1. The lowest BCUT2D eigenvalue weighted by atomic mass is 9.75. The highest BCUT2D eigenvalue weighted by Gasteiger charge is 2.47. The lowest BCUT2D eigenvalue weighted by molar-refractivity contribution is -0.131. The Hall–Kier alpha value is -2.47. The first-order valence-corrected chi connectivity index (χ1v) is 14.0. The number of carbonyl (C=O) groups is 1. The van der Waals surface area contributed by atoms with Crippen LogP contribution in [0.2, 0.25) is 0 Å². The fraction of sp³-hybridized carbons (Fsp3) is 0.500. The number of halogens is 1. The SMILES string of the molecule is COc1ccccc1C(Cn1c(=O)n(C2(C(N)=O)CCC2)c(=O)c2c(C)c(Br)sc21)OC1CCOCC1. The van der Waals surface area contributed by atoms with Crippen LogP contribution >= 0.6 is 27.3 Å². The van der Waals surface area contributed by atoms with Gasteiger partial charge in [0.25, 0.3) is 5.56 Å². The minimum absolute atomic E-state index is 0.0545. The molecule has 1 aromatic carbocycles. The van der Waals surface area contributed by atoms with Crippen LogP contribution in [0.5, 0.6) is 5.75 Å². The molecule has 11 heteroatoms. The molecule has 1 aliphatic heterocycles. The Morgan fingerprint density at radius 1 is 1.27 bits per heavy atom. The smallest absolute Gasteiger partial charge is 0.333 e. The van der Waals surface area contributed by atoms with Crippen molar-refractivity contribution in [2.45, 2.75) is 63.3 Å². The maximum atomic E-state index is 14.1. The molecule has 0 radical (unpaired) electrons. The Kier molecular flexibility index (Phi) is 7.32. The average Bonchev–Trinajstić information content (AvgIpc) is 3.16. The summed E-state index contributed by atoms with van der Waals surface area (Å²) < 4.78 is 21.2. The molecular weight excluding hydrogens is 562 g/mol. The van der Waals surface area contributed by atoms with Crippen molar-refractivity contribution >= 4 is 43.4 Å². The summed E-state index contributed by atoms with van der Waals surface area (Å²) in [5.41, 5.74) is 4.97. The number of hydrogen-bond acceptors (Lipinski definition) is 7. The number of benzene rings is 1. The predicted octanol–water partition coefficient (Wildman–Crippen LogP) is 3.61. The van der Waals surface area contributed by atoms with Crippen molar-refractivity contribution in [2.75, 3.05) is 20.3 Å². The van der Waals surface area contributed by atoms with E-state index in [1.807, 2.05) is 31.2 Å². The molecule has 2 fully saturated rings. The number of methoxy groups -OCH3 is 1. The lowest BCUT2D eigenvalue weighted by Gasteiger charge is -2.40. The van der Waals surface area contributed by atoms with Crippen LogP contribution in [0, 0.1) is 6.92 Å². The minimum Gasteiger partial charge on any atom is -0.496 e. The van der Waals surface area contributed by atoms with Gasteiger partial charge in [-0.3, -0.25) is 14.2 Å². The molecule has 198 valence electrons. The molecule has 0 bridgehead atoms. The summed E-state index contributed by atoms with van der Waals surface area (Å²) in [4.78, 5) is 40.9. The quantitative estimate of drug-likeness (QED) is 0.428. The van der Waals surface area contributed by atoms with Crippen molar-refractivity contribution in [3.8, 4) is 5.75 Å². The van der Waals surface area contributed by atoms with E-state index in [1.54, 1.807) is 11.7 Å². The van der Waals surface area contributed by atoms with E-state index in [-0.39, 0.29) is 12.6 Å². The zero-order chi connectivity index (χ0) is 26.3. The second kappa shape index (κ2) is 10.4. The summed E-state index contributed by atoms with van der Waals surface area (Å²) in [5.74, 6) is -0.0103. The Morgan fingerprint density at radius 3 is 2.59 bits per heavy atom. The van der Waals surface area contributed by atoms with Gasteiger partial charge in [-0.25, -0.2) is 9.36 Å². The topological polar surface area (TPSA) is 115 Å². The Labute approximate surface area is 226 Å². The zero-order valence-corrected chi connectivity index (χ0v) is 23.2. The van der Waals surface area contributed by atoms with Gasteiger partial charge in [0, 0.05) is 18.8 Å². The zero-order valence-electron chi connectivity index (χ0n) is 20.8. The summed E-state index contributed by atoms with van der Waals surface area (Å²) in [6.45, 7) is 3.18. The van der Waals surface area contributed by atoms with Crippen LogP contribution in [0.4, 0.5) is 0 Å². The molecule has 2 aliphatic rings. The molecule has 1 unspecified atom stereocenters. The van der Waals surface area contributed by atoms with E-state index in [2.05, 4.69) is 15.9 Å². The molecule has 5 rings (SSSR count). The number of ether oxygens (including phenoxy) is 3. The molecule has 1 amide bonds. The van der Waals surface area contributed by atoms with Crippen LogP contribution in [0.25, 0.3) is 10.2 Å². The molecule has 1 aliphatic carbocycles. The number of thiophene rings is 1. The monoisotopic (exact) mass is 591 g/mol. The van der Waals surface area contributed by atoms with Gasteiger partial charge in [-0.2, -0.15) is 0 Å². The molecule has 1 saturated heterocycles. The summed E-state index contributed by atoms with van der Waals surface area (Å²) in [6, 6.07) is 7.57. The van der Waals surface area contributed by atoms with Crippen LogP contribution < -0.4 is 21.7 Å². The number of carbonyl (C=O) groups excluding carboxylic acids is 1. The Morgan fingerprint density at radius 2 is 1.97 bits per heavy atom. The second-order valence-electron chi connectivity index (χ2n) is 9.64. The molecule has 9 nitrogen and oxygen atoms in total. The van der Waals surface area contributed by atoms with Gasteiger partial charge < -0.3 is 19.9 Å². The third kappa shape index (κ3) is 4.45. The Bertz CT molecular complexity index is 1450. The van der Waals surface area contributed by atoms with E-state index < -0.39 is 28.8 Å². The first-order valence-electron chi connectivity index (χ1n) is 12.4. The van der Waals surface area contributed by atoms with E-state index in [1.165, 1.54) is 11.3 Å². The largest absolute Gasteiger partial charge is 0.496 e. The summed E-state index contributed by atoms with van der Waals surface area (Å²) in [5, 5.41) is 0.411. The van der Waals surface area contributed by atoms with Gasteiger partial charge >= 0.3 is 5.69 Å². The number of fused-ring (bicyclic) bond motifs is 1. The highest BCUT2D eigenvalue weighted by Crippen LogP contribution is 2.39. The van der Waals surface area contributed by atoms with Gasteiger partial charge in [-0.05, 0) is 66.6 Å². The normalized spacial score (nSPS) is 18.5. The van der Waals surface area contributed by atoms with Crippen molar-refractivity contribution in [3.05, 3.63) is 60.0 Å². The second-order valence-corrected chi connectivity index (χ2v) is 12.0. The molecule has 2 N–H and O–H groups in total. The fourth-order valence-electron chi connectivity index (χ4n) is 5.31. The third-order valence-electron chi connectivity index (χ3n) is 7.58. The summed E-state index contributed by atoms with van der Waals surface area (Å²) >= 11 is 4.87. The number of aryl methyl sites for hydroxylation is 1. The molecule has 1 saturated carbocycles. The molecular formula is C26H30BrN3O6S. The van der Waals surface area contributed by atoms with Crippen molar-refractivity contribution in [1.82, 2.24) is 9.13 Å². The third-order valence-corrected chi connectivity index (χ3v) is 9.76.